The number of benzene rings is 1. The molecule has 0 spiro atoms. The van der Waals surface area contributed by atoms with Crippen molar-refractivity contribution in [3.63, 3.8) is 0 Å². The number of rotatable bonds is 5. The molecule has 168 valence electrons. The van der Waals surface area contributed by atoms with Crippen LogP contribution in [-0.4, -0.2) is 6.10 Å². The monoisotopic (exact) mass is 418 g/mol. The minimum absolute atomic E-state index is 0.0344. The first-order valence-corrected chi connectivity index (χ1v) is 12.6. The van der Waals surface area contributed by atoms with Gasteiger partial charge in [0.25, 0.3) is 0 Å². The van der Waals surface area contributed by atoms with Crippen molar-refractivity contribution in [3.05, 3.63) is 28.8 Å². The summed E-state index contributed by atoms with van der Waals surface area (Å²) in [4.78, 5) is 0. The molecular weight excluding hydrogens is 378 g/mol. The van der Waals surface area contributed by atoms with E-state index >= 15 is 0 Å². The highest BCUT2D eigenvalue weighted by Gasteiger charge is 2.32. The number of hydrogen-bond acceptors (Lipinski definition) is 1. The van der Waals surface area contributed by atoms with Gasteiger partial charge >= 0.3 is 0 Å². The second kappa shape index (κ2) is 9.57. The van der Waals surface area contributed by atoms with Gasteiger partial charge in [-0.1, -0.05) is 26.7 Å². The summed E-state index contributed by atoms with van der Waals surface area (Å²) in [5.74, 6) is 3.00. The highest BCUT2D eigenvalue weighted by atomic mass is 19.2. The first-order chi connectivity index (χ1) is 14.4. The van der Waals surface area contributed by atoms with Gasteiger partial charge in [0.05, 0.1) is 6.10 Å². The second-order valence-electron chi connectivity index (χ2n) is 10.9. The maximum Gasteiger partial charge on any atom is 0.201 e. The van der Waals surface area contributed by atoms with Gasteiger partial charge in [-0.05, 0) is 118 Å². The molecule has 2 fully saturated rings. The zero-order chi connectivity index (χ0) is 21.3. The maximum absolute atomic E-state index is 14.6. The maximum atomic E-state index is 14.6. The lowest BCUT2D eigenvalue weighted by Crippen LogP contribution is -2.27. The van der Waals surface area contributed by atoms with Crippen LogP contribution in [0.3, 0.4) is 0 Å². The fourth-order valence-corrected chi connectivity index (χ4v) is 6.43. The Bertz CT molecular complexity index is 712. The molecule has 1 aliphatic heterocycles. The molecule has 1 aromatic carbocycles. The van der Waals surface area contributed by atoms with Crippen LogP contribution in [0.1, 0.15) is 96.1 Å². The standard InChI is InChI=1S/C27H40F2O/c1-17(2)20-12-14-22(15-13-20)21-9-5-19(6-10-21)7-11-23-16-24-8-4-18(3)30-27(24)26(29)25(23)28/h16-22H,4-15H2,1-3H3. The molecule has 1 atom stereocenters. The predicted molar refractivity (Wildman–Crippen MR) is 119 cm³/mol. The molecule has 3 heteroatoms. The quantitative estimate of drug-likeness (QED) is 0.472. The van der Waals surface area contributed by atoms with Gasteiger partial charge in [0.15, 0.2) is 11.6 Å². The summed E-state index contributed by atoms with van der Waals surface area (Å²) in [7, 11) is 0. The summed E-state index contributed by atoms with van der Waals surface area (Å²) in [6, 6.07) is 1.87. The van der Waals surface area contributed by atoms with Gasteiger partial charge in [-0.15, -0.1) is 0 Å². The largest absolute Gasteiger partial charge is 0.487 e. The highest BCUT2D eigenvalue weighted by molar-refractivity contribution is 5.41. The van der Waals surface area contributed by atoms with E-state index in [2.05, 4.69) is 13.8 Å². The first-order valence-electron chi connectivity index (χ1n) is 12.6. The Morgan fingerprint density at radius 2 is 1.53 bits per heavy atom. The number of hydrogen-bond donors (Lipinski definition) is 0. The lowest BCUT2D eigenvalue weighted by molar-refractivity contribution is 0.130. The van der Waals surface area contributed by atoms with E-state index in [1.54, 1.807) is 0 Å². The van der Waals surface area contributed by atoms with Crippen molar-refractivity contribution in [2.45, 2.75) is 104 Å². The third-order valence-electron chi connectivity index (χ3n) is 8.59. The average molecular weight is 419 g/mol. The topological polar surface area (TPSA) is 9.23 Å². The molecule has 2 aliphatic carbocycles. The Morgan fingerprint density at radius 3 is 2.17 bits per heavy atom. The molecule has 0 amide bonds. The van der Waals surface area contributed by atoms with Crippen molar-refractivity contribution in [3.8, 4) is 5.75 Å². The van der Waals surface area contributed by atoms with E-state index in [0.717, 1.165) is 48.5 Å². The van der Waals surface area contributed by atoms with E-state index in [0.29, 0.717) is 17.9 Å². The Hall–Kier alpha value is -1.12. The Labute approximate surface area is 182 Å². The number of fused-ring (bicyclic) bond motifs is 1. The first kappa shape index (κ1) is 22.1. The summed E-state index contributed by atoms with van der Waals surface area (Å²) >= 11 is 0. The van der Waals surface area contributed by atoms with Crippen molar-refractivity contribution >= 4 is 0 Å². The van der Waals surface area contributed by atoms with Crippen LogP contribution in [0.4, 0.5) is 8.78 Å². The number of aryl methyl sites for hydroxylation is 2. The molecule has 0 saturated heterocycles. The fourth-order valence-electron chi connectivity index (χ4n) is 6.43. The number of halogens is 2. The van der Waals surface area contributed by atoms with Gasteiger partial charge in [-0.2, -0.15) is 4.39 Å². The highest BCUT2D eigenvalue weighted by Crippen LogP contribution is 2.43. The molecule has 30 heavy (non-hydrogen) atoms. The minimum Gasteiger partial charge on any atom is -0.487 e. The Morgan fingerprint density at radius 1 is 0.900 bits per heavy atom. The average Bonchev–Trinajstić information content (AvgIpc) is 2.76. The van der Waals surface area contributed by atoms with Crippen LogP contribution in [-0.2, 0) is 12.8 Å². The molecule has 1 aromatic rings. The summed E-state index contributed by atoms with van der Waals surface area (Å²) in [5.41, 5.74) is 1.40. The third kappa shape index (κ3) is 4.86. The molecule has 3 aliphatic rings. The van der Waals surface area contributed by atoms with Gasteiger partial charge < -0.3 is 4.74 Å². The molecule has 0 bridgehead atoms. The van der Waals surface area contributed by atoms with Crippen LogP contribution in [0.25, 0.3) is 0 Å². The summed E-state index contributed by atoms with van der Waals surface area (Å²) < 4.78 is 34.7. The van der Waals surface area contributed by atoms with Gasteiger partial charge in [-0.25, -0.2) is 4.39 Å². The molecule has 0 radical (unpaired) electrons. The second-order valence-corrected chi connectivity index (χ2v) is 10.9. The molecule has 1 heterocycles. The Balaban J connectivity index is 1.27. The SMILES string of the molecule is CC1CCc2cc(CCC3CCC(C4CCC(C(C)C)CC4)CC3)c(F)c(F)c2O1. The van der Waals surface area contributed by atoms with Crippen LogP contribution in [0.2, 0.25) is 0 Å². The van der Waals surface area contributed by atoms with E-state index in [9.17, 15) is 8.78 Å². The van der Waals surface area contributed by atoms with Gasteiger partial charge in [0.2, 0.25) is 5.82 Å². The Kier molecular flexibility index (Phi) is 7.05. The lowest BCUT2D eigenvalue weighted by atomic mass is 9.67. The van der Waals surface area contributed by atoms with Gasteiger partial charge in [-0.3, -0.25) is 0 Å². The number of ether oxygens (including phenoxy) is 1. The van der Waals surface area contributed by atoms with E-state index in [-0.39, 0.29) is 11.9 Å². The van der Waals surface area contributed by atoms with Crippen LogP contribution >= 0.6 is 0 Å². The molecular formula is C27H40F2O. The van der Waals surface area contributed by atoms with Crippen LogP contribution in [0, 0.1) is 41.2 Å². The summed E-state index contributed by atoms with van der Waals surface area (Å²) in [6.45, 7) is 6.67. The van der Waals surface area contributed by atoms with Gasteiger partial charge in [0.1, 0.15) is 0 Å². The minimum atomic E-state index is -0.769. The molecule has 4 rings (SSSR count). The predicted octanol–water partition coefficient (Wildman–Crippen LogP) is 7.88. The third-order valence-corrected chi connectivity index (χ3v) is 8.59. The molecule has 0 N–H and O–H groups in total. The summed E-state index contributed by atoms with van der Waals surface area (Å²) in [6.07, 6.45) is 14.2. The molecule has 0 aromatic heterocycles. The van der Waals surface area contributed by atoms with Crippen molar-refractivity contribution in [2.24, 2.45) is 29.6 Å². The van der Waals surface area contributed by atoms with E-state index in [1.165, 1.54) is 51.4 Å². The molecule has 2 saturated carbocycles. The van der Waals surface area contributed by atoms with Crippen molar-refractivity contribution in [1.29, 1.82) is 0 Å². The van der Waals surface area contributed by atoms with Crippen LogP contribution < -0.4 is 4.74 Å². The smallest absolute Gasteiger partial charge is 0.201 e. The van der Waals surface area contributed by atoms with Gasteiger partial charge in [0, 0.05) is 0 Å². The zero-order valence-electron chi connectivity index (χ0n) is 19.2. The van der Waals surface area contributed by atoms with Crippen molar-refractivity contribution < 1.29 is 13.5 Å². The van der Waals surface area contributed by atoms with E-state index in [4.69, 9.17) is 4.74 Å². The fraction of sp³-hybridized carbons (Fsp3) is 0.778. The molecule has 1 unspecified atom stereocenters. The van der Waals surface area contributed by atoms with Crippen LogP contribution in [0.5, 0.6) is 5.75 Å². The van der Waals surface area contributed by atoms with Crippen molar-refractivity contribution in [2.75, 3.05) is 0 Å². The normalized spacial score (nSPS) is 32.0. The van der Waals surface area contributed by atoms with E-state index in [1.807, 2.05) is 13.0 Å². The van der Waals surface area contributed by atoms with Crippen LogP contribution in [0.15, 0.2) is 6.07 Å². The van der Waals surface area contributed by atoms with E-state index < -0.39 is 11.6 Å². The molecule has 1 nitrogen and oxygen atoms in total. The lowest BCUT2D eigenvalue weighted by Gasteiger charge is -2.38. The summed E-state index contributed by atoms with van der Waals surface area (Å²) in [5, 5.41) is 0. The zero-order valence-corrected chi connectivity index (χ0v) is 19.2. The van der Waals surface area contributed by atoms with Crippen molar-refractivity contribution in [1.82, 2.24) is 0 Å².